The fourth-order valence-corrected chi connectivity index (χ4v) is 3.53. The van der Waals surface area contributed by atoms with Crippen LogP contribution in [-0.2, 0) is 0 Å². The van der Waals surface area contributed by atoms with Gasteiger partial charge in [0, 0.05) is 19.3 Å². The van der Waals surface area contributed by atoms with Crippen molar-refractivity contribution >= 4 is 0 Å². The van der Waals surface area contributed by atoms with Crippen LogP contribution >= 0.6 is 0 Å². The third kappa shape index (κ3) is 7.79. The molecule has 2 saturated heterocycles. The zero-order chi connectivity index (χ0) is 17.5. The van der Waals surface area contributed by atoms with Crippen molar-refractivity contribution in [1.82, 2.24) is 10.6 Å². The molecule has 3 rings (SSSR count). The first-order valence-electron chi connectivity index (χ1n) is 8.61. The molecule has 2 aliphatic heterocycles. The predicted molar refractivity (Wildman–Crippen MR) is 81.6 cm³/mol. The SMILES string of the molecule is CC.FC(F)(F)CC1CCNCC1.FC1(F)C[C@H]2CNC[C@H]2C1. The highest BCUT2D eigenvalue weighted by Crippen LogP contribution is 2.44. The zero-order valence-corrected chi connectivity index (χ0v) is 14.0. The first kappa shape index (κ1) is 20.6. The summed E-state index contributed by atoms with van der Waals surface area (Å²) in [5.41, 5.74) is 0. The fraction of sp³-hybridized carbons (Fsp3) is 1.00. The van der Waals surface area contributed by atoms with Crippen LogP contribution in [0.1, 0.15) is 46.0 Å². The van der Waals surface area contributed by atoms with E-state index in [1.54, 1.807) is 0 Å². The normalized spacial score (nSPS) is 29.9. The van der Waals surface area contributed by atoms with Crippen LogP contribution in [0.15, 0.2) is 0 Å². The average molecular weight is 344 g/mol. The molecule has 3 fully saturated rings. The third-order valence-electron chi connectivity index (χ3n) is 4.58. The molecule has 1 aliphatic carbocycles. The minimum absolute atomic E-state index is 0.116. The van der Waals surface area contributed by atoms with Crippen molar-refractivity contribution in [2.75, 3.05) is 26.2 Å². The van der Waals surface area contributed by atoms with Crippen LogP contribution in [0.25, 0.3) is 0 Å². The Labute approximate surface area is 135 Å². The van der Waals surface area contributed by atoms with Gasteiger partial charge in [-0.3, -0.25) is 0 Å². The van der Waals surface area contributed by atoms with E-state index in [0.29, 0.717) is 12.8 Å². The summed E-state index contributed by atoms with van der Waals surface area (Å²) in [7, 11) is 0. The second-order valence-corrected chi connectivity index (χ2v) is 6.46. The highest BCUT2D eigenvalue weighted by atomic mass is 19.4. The van der Waals surface area contributed by atoms with E-state index in [-0.39, 0.29) is 30.6 Å². The van der Waals surface area contributed by atoms with Gasteiger partial charge in [0.25, 0.3) is 0 Å². The fourth-order valence-electron chi connectivity index (χ4n) is 3.53. The number of fused-ring (bicyclic) bond motifs is 1. The van der Waals surface area contributed by atoms with Crippen LogP contribution < -0.4 is 10.6 Å². The largest absolute Gasteiger partial charge is 0.389 e. The van der Waals surface area contributed by atoms with Gasteiger partial charge in [0.2, 0.25) is 5.92 Å². The smallest absolute Gasteiger partial charge is 0.317 e. The highest BCUT2D eigenvalue weighted by Gasteiger charge is 2.47. The predicted octanol–water partition coefficient (Wildman–Crippen LogP) is 4.22. The van der Waals surface area contributed by atoms with Gasteiger partial charge in [0.15, 0.2) is 0 Å². The molecule has 0 aromatic carbocycles. The average Bonchev–Trinajstić information content (AvgIpc) is 2.98. The molecular formula is C16H29F5N2. The quantitative estimate of drug-likeness (QED) is 0.696. The van der Waals surface area contributed by atoms with Crippen LogP contribution in [-0.4, -0.2) is 38.3 Å². The molecule has 138 valence electrons. The molecule has 7 heteroatoms. The molecule has 0 aromatic rings. The molecule has 2 nitrogen and oxygen atoms in total. The van der Waals surface area contributed by atoms with Gasteiger partial charge in [0.1, 0.15) is 0 Å². The van der Waals surface area contributed by atoms with E-state index in [1.807, 2.05) is 13.8 Å². The van der Waals surface area contributed by atoms with E-state index in [9.17, 15) is 22.0 Å². The van der Waals surface area contributed by atoms with E-state index >= 15 is 0 Å². The van der Waals surface area contributed by atoms with Crippen molar-refractivity contribution in [3.05, 3.63) is 0 Å². The number of rotatable bonds is 1. The highest BCUT2D eigenvalue weighted by molar-refractivity contribution is 4.94. The summed E-state index contributed by atoms with van der Waals surface area (Å²) >= 11 is 0. The standard InChI is InChI=1S/C7H12F3N.C7H11F2N.C2H6/c8-7(9,10)5-6-1-3-11-4-2-6;8-7(9)1-5-3-10-4-6(5)2-7;1-2/h6,11H,1-5H2;5-6,10H,1-4H2;1-2H3/t;5-,6+;. The monoisotopic (exact) mass is 344 g/mol. The Hall–Kier alpha value is -0.430. The van der Waals surface area contributed by atoms with Crippen LogP contribution in [0.2, 0.25) is 0 Å². The lowest BCUT2D eigenvalue weighted by molar-refractivity contribution is -0.146. The first-order valence-corrected chi connectivity index (χ1v) is 8.61. The molecule has 2 atom stereocenters. The van der Waals surface area contributed by atoms with Crippen molar-refractivity contribution in [3.63, 3.8) is 0 Å². The first-order chi connectivity index (χ1) is 10.8. The Bertz CT molecular complexity index is 313. The van der Waals surface area contributed by atoms with Gasteiger partial charge in [-0.25, -0.2) is 8.78 Å². The Morgan fingerprint density at radius 3 is 1.83 bits per heavy atom. The number of halogens is 5. The van der Waals surface area contributed by atoms with Crippen molar-refractivity contribution in [2.24, 2.45) is 17.8 Å². The minimum Gasteiger partial charge on any atom is -0.317 e. The Kier molecular flexibility index (Phi) is 8.21. The summed E-state index contributed by atoms with van der Waals surface area (Å²) in [6, 6.07) is 0. The number of piperidine rings is 1. The molecule has 0 unspecified atom stereocenters. The maximum Gasteiger partial charge on any atom is 0.389 e. The third-order valence-corrected chi connectivity index (χ3v) is 4.58. The molecule has 0 radical (unpaired) electrons. The van der Waals surface area contributed by atoms with Gasteiger partial charge in [-0.1, -0.05) is 13.8 Å². The molecular weight excluding hydrogens is 315 g/mol. The van der Waals surface area contributed by atoms with Crippen molar-refractivity contribution in [3.8, 4) is 0 Å². The Morgan fingerprint density at radius 2 is 1.39 bits per heavy atom. The van der Waals surface area contributed by atoms with E-state index in [4.69, 9.17) is 0 Å². The molecule has 1 saturated carbocycles. The number of nitrogens with one attached hydrogen (secondary N) is 2. The second kappa shape index (κ2) is 9.16. The summed E-state index contributed by atoms with van der Waals surface area (Å²) in [6.07, 6.45) is -3.01. The molecule has 0 aromatic heterocycles. The van der Waals surface area contributed by atoms with Gasteiger partial charge < -0.3 is 10.6 Å². The molecule has 0 amide bonds. The maximum atomic E-state index is 12.6. The summed E-state index contributed by atoms with van der Waals surface area (Å²) in [5.74, 6) is -1.97. The van der Waals surface area contributed by atoms with Gasteiger partial charge in [0.05, 0.1) is 0 Å². The molecule has 2 N–H and O–H groups in total. The summed E-state index contributed by atoms with van der Waals surface area (Å²) in [5, 5.41) is 6.16. The second-order valence-electron chi connectivity index (χ2n) is 6.46. The molecule has 23 heavy (non-hydrogen) atoms. The molecule has 0 bridgehead atoms. The number of hydrogen-bond donors (Lipinski definition) is 2. The Balaban J connectivity index is 0.000000208. The minimum atomic E-state index is -3.97. The summed E-state index contributed by atoms with van der Waals surface area (Å²) in [4.78, 5) is 0. The topological polar surface area (TPSA) is 24.1 Å². The van der Waals surface area contributed by atoms with Crippen LogP contribution in [0.5, 0.6) is 0 Å². The van der Waals surface area contributed by atoms with Gasteiger partial charge >= 0.3 is 6.18 Å². The Morgan fingerprint density at radius 1 is 0.913 bits per heavy atom. The van der Waals surface area contributed by atoms with E-state index in [1.165, 1.54) is 0 Å². The van der Waals surface area contributed by atoms with Gasteiger partial charge in [-0.05, 0) is 56.8 Å². The van der Waals surface area contributed by atoms with E-state index in [2.05, 4.69) is 10.6 Å². The lowest BCUT2D eigenvalue weighted by atomic mass is 9.94. The van der Waals surface area contributed by atoms with E-state index < -0.39 is 18.5 Å². The van der Waals surface area contributed by atoms with Gasteiger partial charge in [-0.2, -0.15) is 13.2 Å². The number of alkyl halides is 5. The summed E-state index contributed by atoms with van der Waals surface area (Å²) in [6.45, 7) is 7.09. The van der Waals surface area contributed by atoms with Crippen LogP contribution in [0, 0.1) is 17.8 Å². The van der Waals surface area contributed by atoms with Crippen LogP contribution in [0.4, 0.5) is 22.0 Å². The van der Waals surface area contributed by atoms with Crippen molar-refractivity contribution in [1.29, 1.82) is 0 Å². The zero-order valence-electron chi connectivity index (χ0n) is 14.0. The van der Waals surface area contributed by atoms with Crippen molar-refractivity contribution in [2.45, 2.75) is 58.1 Å². The van der Waals surface area contributed by atoms with Crippen LogP contribution in [0.3, 0.4) is 0 Å². The summed E-state index contributed by atoms with van der Waals surface area (Å²) < 4.78 is 60.7. The lowest BCUT2D eigenvalue weighted by Gasteiger charge is -2.23. The molecule has 2 heterocycles. The molecule has 3 aliphatic rings. The molecule has 0 spiro atoms. The maximum absolute atomic E-state index is 12.6. The lowest BCUT2D eigenvalue weighted by Crippen LogP contribution is -2.30. The van der Waals surface area contributed by atoms with Crippen molar-refractivity contribution < 1.29 is 22.0 Å². The van der Waals surface area contributed by atoms with E-state index in [0.717, 1.165) is 26.2 Å². The van der Waals surface area contributed by atoms with Gasteiger partial charge in [-0.15, -0.1) is 0 Å². The number of hydrogen-bond acceptors (Lipinski definition) is 2.